The summed E-state index contributed by atoms with van der Waals surface area (Å²) >= 11 is 2.09. The van der Waals surface area contributed by atoms with Crippen LogP contribution in [0.25, 0.3) is 0 Å². The molecular weight excluding hydrogens is 237 g/mol. The SMILES string of the molecule is CCC(CC(C)CC)=NI. The van der Waals surface area contributed by atoms with E-state index in [4.69, 9.17) is 0 Å². The Bertz CT molecular complexity index is 110. The van der Waals surface area contributed by atoms with Crippen LogP contribution < -0.4 is 0 Å². The minimum Gasteiger partial charge on any atom is -0.224 e. The summed E-state index contributed by atoms with van der Waals surface area (Å²) in [7, 11) is 0. The molecular formula is C8H16IN. The summed E-state index contributed by atoms with van der Waals surface area (Å²) in [5.74, 6) is 0.800. The molecule has 2 heteroatoms. The van der Waals surface area contributed by atoms with Gasteiger partial charge in [-0.1, -0.05) is 27.2 Å². The molecule has 0 aromatic carbocycles. The van der Waals surface area contributed by atoms with Crippen molar-refractivity contribution in [2.24, 2.45) is 9.12 Å². The molecule has 1 unspecified atom stereocenters. The van der Waals surface area contributed by atoms with Gasteiger partial charge in [0.15, 0.2) is 0 Å². The molecule has 60 valence electrons. The number of hydrogen-bond acceptors (Lipinski definition) is 1. The molecule has 0 radical (unpaired) electrons. The van der Waals surface area contributed by atoms with Crippen LogP contribution in [-0.4, -0.2) is 5.71 Å². The van der Waals surface area contributed by atoms with Crippen LogP contribution in [0.5, 0.6) is 0 Å². The number of hydrogen-bond donors (Lipinski definition) is 0. The Labute approximate surface area is 77.8 Å². The van der Waals surface area contributed by atoms with Crippen LogP contribution in [0.2, 0.25) is 0 Å². The highest BCUT2D eigenvalue weighted by atomic mass is 127. The fourth-order valence-electron chi connectivity index (χ4n) is 0.785. The first-order chi connectivity index (χ1) is 4.74. The van der Waals surface area contributed by atoms with Crippen molar-refractivity contribution in [3.05, 3.63) is 0 Å². The molecule has 1 nitrogen and oxygen atoms in total. The van der Waals surface area contributed by atoms with E-state index < -0.39 is 0 Å². The Morgan fingerprint density at radius 1 is 1.50 bits per heavy atom. The van der Waals surface area contributed by atoms with E-state index in [0.717, 1.165) is 12.3 Å². The molecule has 1 atom stereocenters. The topological polar surface area (TPSA) is 12.4 Å². The highest BCUT2D eigenvalue weighted by Crippen LogP contribution is 2.10. The summed E-state index contributed by atoms with van der Waals surface area (Å²) in [5, 5.41) is 0. The van der Waals surface area contributed by atoms with Crippen molar-refractivity contribution < 1.29 is 0 Å². The predicted molar refractivity (Wildman–Crippen MR) is 55.8 cm³/mol. The van der Waals surface area contributed by atoms with Gasteiger partial charge in [-0.3, -0.25) is 0 Å². The molecule has 0 saturated heterocycles. The van der Waals surface area contributed by atoms with Gasteiger partial charge in [-0.05, 0) is 18.8 Å². The molecule has 0 aliphatic carbocycles. The molecule has 0 amide bonds. The fraction of sp³-hybridized carbons (Fsp3) is 0.875. The fourth-order valence-corrected chi connectivity index (χ4v) is 1.32. The third kappa shape index (κ3) is 4.25. The summed E-state index contributed by atoms with van der Waals surface area (Å²) in [6.07, 6.45) is 3.54. The first kappa shape index (κ1) is 10.4. The third-order valence-electron chi connectivity index (χ3n) is 1.81. The second-order valence-electron chi connectivity index (χ2n) is 2.72. The molecule has 0 aromatic rings. The molecule has 10 heavy (non-hydrogen) atoms. The van der Waals surface area contributed by atoms with E-state index in [1.165, 1.54) is 18.6 Å². The average molecular weight is 253 g/mol. The summed E-state index contributed by atoms with van der Waals surface area (Å²) in [4.78, 5) is 0. The average Bonchev–Trinajstić information content (AvgIpc) is 1.99. The van der Waals surface area contributed by atoms with Crippen molar-refractivity contribution in [1.29, 1.82) is 0 Å². The molecule has 0 saturated carbocycles. The third-order valence-corrected chi connectivity index (χ3v) is 2.49. The van der Waals surface area contributed by atoms with Crippen molar-refractivity contribution in [3.63, 3.8) is 0 Å². The van der Waals surface area contributed by atoms with Crippen LogP contribution in [0.1, 0.15) is 40.0 Å². The van der Waals surface area contributed by atoms with Gasteiger partial charge in [-0.2, -0.15) is 0 Å². The van der Waals surface area contributed by atoms with Crippen LogP contribution in [0, 0.1) is 5.92 Å². The first-order valence-electron chi connectivity index (χ1n) is 3.91. The van der Waals surface area contributed by atoms with Gasteiger partial charge in [0.05, 0.1) is 22.9 Å². The molecule has 0 aliphatic heterocycles. The Morgan fingerprint density at radius 2 is 2.10 bits per heavy atom. The van der Waals surface area contributed by atoms with Gasteiger partial charge < -0.3 is 0 Å². The van der Waals surface area contributed by atoms with Gasteiger partial charge in [0, 0.05) is 5.71 Å². The molecule has 0 fully saturated rings. The Morgan fingerprint density at radius 3 is 2.40 bits per heavy atom. The maximum absolute atomic E-state index is 4.18. The molecule has 0 N–H and O–H groups in total. The predicted octanol–water partition coefficient (Wildman–Crippen LogP) is 3.62. The van der Waals surface area contributed by atoms with Gasteiger partial charge in [-0.25, -0.2) is 3.21 Å². The second kappa shape index (κ2) is 6.13. The first-order valence-corrected chi connectivity index (χ1v) is 4.87. The summed E-state index contributed by atoms with van der Waals surface area (Å²) in [6.45, 7) is 6.67. The van der Waals surface area contributed by atoms with Crippen LogP contribution >= 0.6 is 22.9 Å². The summed E-state index contributed by atoms with van der Waals surface area (Å²) < 4.78 is 4.18. The van der Waals surface area contributed by atoms with E-state index >= 15 is 0 Å². The molecule has 0 aromatic heterocycles. The molecule has 0 rings (SSSR count). The maximum Gasteiger partial charge on any atom is 0.0830 e. The van der Waals surface area contributed by atoms with E-state index in [1.807, 2.05) is 0 Å². The van der Waals surface area contributed by atoms with Crippen LogP contribution in [0.4, 0.5) is 0 Å². The minimum atomic E-state index is 0.800. The van der Waals surface area contributed by atoms with E-state index in [9.17, 15) is 0 Å². The van der Waals surface area contributed by atoms with Gasteiger partial charge >= 0.3 is 0 Å². The van der Waals surface area contributed by atoms with E-state index in [0.29, 0.717) is 0 Å². The molecule has 0 heterocycles. The van der Waals surface area contributed by atoms with Crippen molar-refractivity contribution in [1.82, 2.24) is 0 Å². The van der Waals surface area contributed by atoms with Crippen molar-refractivity contribution in [2.75, 3.05) is 0 Å². The van der Waals surface area contributed by atoms with Crippen molar-refractivity contribution >= 4 is 28.6 Å². The zero-order chi connectivity index (χ0) is 7.98. The van der Waals surface area contributed by atoms with Crippen molar-refractivity contribution in [3.8, 4) is 0 Å². The summed E-state index contributed by atoms with van der Waals surface area (Å²) in [6, 6.07) is 0. The van der Waals surface area contributed by atoms with Gasteiger partial charge in [-0.15, -0.1) is 0 Å². The normalized spacial score (nSPS) is 15.4. The lowest BCUT2D eigenvalue weighted by molar-refractivity contribution is 0.584. The Kier molecular flexibility index (Phi) is 6.38. The molecule has 0 bridgehead atoms. The zero-order valence-electron chi connectivity index (χ0n) is 7.02. The standard InChI is InChI=1S/C8H16IN/c1-4-7(3)6-8(5-2)10-9/h7H,4-6H2,1-3H3. The van der Waals surface area contributed by atoms with Crippen LogP contribution in [-0.2, 0) is 0 Å². The number of rotatable bonds is 4. The van der Waals surface area contributed by atoms with Gasteiger partial charge in [0.2, 0.25) is 0 Å². The van der Waals surface area contributed by atoms with E-state index in [-0.39, 0.29) is 0 Å². The largest absolute Gasteiger partial charge is 0.224 e. The highest BCUT2D eigenvalue weighted by Gasteiger charge is 2.02. The van der Waals surface area contributed by atoms with Gasteiger partial charge in [0.1, 0.15) is 0 Å². The highest BCUT2D eigenvalue weighted by molar-refractivity contribution is 14.1. The maximum atomic E-state index is 4.18. The van der Waals surface area contributed by atoms with Gasteiger partial charge in [0.25, 0.3) is 0 Å². The Balaban J connectivity index is 3.64. The smallest absolute Gasteiger partial charge is 0.0830 e. The van der Waals surface area contributed by atoms with Crippen LogP contribution in [0.3, 0.4) is 0 Å². The van der Waals surface area contributed by atoms with E-state index in [2.05, 4.69) is 46.8 Å². The number of nitrogens with zero attached hydrogens (tertiary/aromatic N) is 1. The van der Waals surface area contributed by atoms with Crippen molar-refractivity contribution in [2.45, 2.75) is 40.0 Å². The minimum absolute atomic E-state index is 0.800. The Hall–Kier alpha value is 0.400. The molecule has 0 spiro atoms. The zero-order valence-corrected chi connectivity index (χ0v) is 9.18. The van der Waals surface area contributed by atoms with Crippen LogP contribution in [0.15, 0.2) is 3.21 Å². The number of halogens is 1. The monoisotopic (exact) mass is 253 g/mol. The lowest BCUT2D eigenvalue weighted by atomic mass is 10.0. The molecule has 0 aliphatic rings. The lowest BCUT2D eigenvalue weighted by Crippen LogP contribution is -2.02. The lowest BCUT2D eigenvalue weighted by Gasteiger charge is -2.07. The second-order valence-corrected chi connectivity index (χ2v) is 3.20. The summed E-state index contributed by atoms with van der Waals surface area (Å²) in [5.41, 5.74) is 1.34. The quantitative estimate of drug-likeness (QED) is 0.536. The van der Waals surface area contributed by atoms with E-state index in [1.54, 1.807) is 0 Å².